The van der Waals surface area contributed by atoms with Gasteiger partial charge in [-0.3, -0.25) is 14.4 Å². The number of hydrogen-bond acceptors (Lipinski definition) is 6. The molecular weight excluding hydrogens is 530 g/mol. The number of hydrogen-bond donors (Lipinski definition) is 1. The van der Waals surface area contributed by atoms with Gasteiger partial charge in [-0.25, -0.2) is 4.68 Å². The first-order valence-electron chi connectivity index (χ1n) is 12.3. The van der Waals surface area contributed by atoms with E-state index in [0.717, 1.165) is 19.9 Å². The number of ether oxygens (including phenoxy) is 1. The van der Waals surface area contributed by atoms with Gasteiger partial charge in [-0.05, 0) is 53.6 Å². The van der Waals surface area contributed by atoms with E-state index in [1.54, 1.807) is 30.3 Å². The number of carbonyl (C=O) groups is 2. The minimum atomic E-state index is -4.34. The van der Waals surface area contributed by atoms with E-state index in [2.05, 4.69) is 5.32 Å². The van der Waals surface area contributed by atoms with Gasteiger partial charge in [0.1, 0.15) is 12.3 Å². The number of Topliss-reactive ketones (excluding diaryl/α,β-unsaturated/α-hetero) is 1. The van der Waals surface area contributed by atoms with Crippen LogP contribution in [0, 0.1) is 0 Å². The molecule has 1 amide bonds. The van der Waals surface area contributed by atoms with Crippen LogP contribution < -0.4 is 15.6 Å². The zero-order chi connectivity index (χ0) is 28.4. The van der Waals surface area contributed by atoms with Gasteiger partial charge in [0.05, 0.1) is 22.9 Å². The quantitative estimate of drug-likeness (QED) is 0.281. The van der Waals surface area contributed by atoms with E-state index < -0.39 is 27.9 Å². The second kappa shape index (κ2) is 10.7. The fourth-order valence-corrected chi connectivity index (χ4v) is 5.94. The van der Waals surface area contributed by atoms with Crippen LogP contribution in [0.15, 0.2) is 107 Å². The average molecular weight is 556 g/mol. The Morgan fingerprint density at radius 2 is 1.50 bits per heavy atom. The maximum Gasteiger partial charge on any atom is 0.282 e. The summed E-state index contributed by atoms with van der Waals surface area (Å²) in [4.78, 5) is 38.1. The van der Waals surface area contributed by atoms with Gasteiger partial charge < -0.3 is 10.1 Å². The van der Waals surface area contributed by atoms with Gasteiger partial charge in [0.2, 0.25) is 5.91 Å². The molecule has 0 bridgehead atoms. The van der Waals surface area contributed by atoms with Crippen LogP contribution in [0.3, 0.4) is 0 Å². The summed E-state index contributed by atoms with van der Waals surface area (Å²) in [5.74, 6) is -0.368. The number of fused-ring (bicyclic) bond motifs is 1. The van der Waals surface area contributed by atoms with Crippen molar-refractivity contribution in [2.45, 2.75) is 18.4 Å². The third-order valence-corrected chi connectivity index (χ3v) is 8.12. The normalized spacial score (nSPS) is 11.3. The Bertz CT molecular complexity index is 1890. The first-order chi connectivity index (χ1) is 19.2. The third kappa shape index (κ3) is 5.04. The molecule has 10 heteroatoms. The van der Waals surface area contributed by atoms with Crippen molar-refractivity contribution in [3.8, 4) is 16.9 Å². The lowest BCUT2D eigenvalue weighted by Gasteiger charge is -2.14. The minimum Gasteiger partial charge on any atom is -0.497 e. The number of carbonyl (C=O) groups excluding carboxylic acids is 2. The number of rotatable bonds is 8. The number of benzene rings is 4. The molecule has 40 heavy (non-hydrogen) atoms. The van der Waals surface area contributed by atoms with Crippen molar-refractivity contribution >= 4 is 38.3 Å². The number of amides is 1. The largest absolute Gasteiger partial charge is 0.497 e. The predicted molar refractivity (Wildman–Crippen MR) is 152 cm³/mol. The van der Waals surface area contributed by atoms with Crippen molar-refractivity contribution in [1.29, 1.82) is 0 Å². The van der Waals surface area contributed by atoms with Crippen molar-refractivity contribution in [3.05, 3.63) is 113 Å². The predicted octanol–water partition coefficient (Wildman–Crippen LogP) is 4.56. The number of aromatic nitrogens is 2. The summed E-state index contributed by atoms with van der Waals surface area (Å²) < 4.78 is 34.7. The Balaban J connectivity index is 1.57. The summed E-state index contributed by atoms with van der Waals surface area (Å²) in [6, 6.07) is 26.6. The van der Waals surface area contributed by atoms with Gasteiger partial charge in [-0.15, -0.1) is 0 Å². The summed E-state index contributed by atoms with van der Waals surface area (Å²) in [5, 5.41) is 2.67. The highest BCUT2D eigenvalue weighted by Gasteiger charge is 2.27. The Morgan fingerprint density at radius 3 is 2.12 bits per heavy atom. The van der Waals surface area contributed by atoms with Crippen LogP contribution in [0.4, 0.5) is 5.69 Å². The minimum absolute atomic E-state index is 0.0880. The molecule has 1 aromatic heterocycles. The summed E-state index contributed by atoms with van der Waals surface area (Å²) >= 11 is 0. The number of nitrogens with one attached hydrogen (secondary N) is 1. The van der Waals surface area contributed by atoms with Crippen LogP contribution in [0.25, 0.3) is 22.0 Å². The molecule has 0 fully saturated rings. The Labute approximate surface area is 230 Å². The maximum absolute atomic E-state index is 13.9. The molecule has 0 saturated carbocycles. The standard InChI is InChI=1S/C30H25N3O6S/c1-20(34)31-24-12-15-26(16-13-24)40(37,38)33-28-17-14-25(39-2)18-27(28)30(36)32(33)19-29(35)23-10-8-22(9-11-23)21-6-4-3-5-7-21/h3-18H,19H2,1-2H3,(H,31,34). The Hall–Kier alpha value is -4.96. The molecule has 5 rings (SSSR count). The fourth-order valence-electron chi connectivity index (χ4n) is 4.45. The van der Waals surface area contributed by atoms with Crippen LogP contribution >= 0.6 is 0 Å². The van der Waals surface area contributed by atoms with Crippen LogP contribution in [-0.4, -0.2) is 36.0 Å². The molecule has 0 atom stereocenters. The topological polar surface area (TPSA) is 116 Å². The molecule has 1 heterocycles. The molecule has 0 aliphatic rings. The lowest BCUT2D eigenvalue weighted by Crippen LogP contribution is -2.31. The van der Waals surface area contributed by atoms with Crippen molar-refractivity contribution in [1.82, 2.24) is 8.77 Å². The van der Waals surface area contributed by atoms with Gasteiger partial charge in [-0.2, -0.15) is 12.5 Å². The highest BCUT2D eigenvalue weighted by Crippen LogP contribution is 2.25. The third-order valence-electron chi connectivity index (χ3n) is 6.40. The molecule has 0 spiro atoms. The second-order valence-electron chi connectivity index (χ2n) is 9.07. The SMILES string of the molecule is COc1ccc2c(c1)c(=O)n(CC(=O)c1ccc(-c3ccccc3)cc1)n2S(=O)(=O)c1ccc(NC(C)=O)cc1. The molecule has 9 nitrogen and oxygen atoms in total. The molecule has 0 radical (unpaired) electrons. The molecule has 1 N–H and O–H groups in total. The lowest BCUT2D eigenvalue weighted by molar-refractivity contribution is -0.114. The van der Waals surface area contributed by atoms with Crippen LogP contribution in [0.1, 0.15) is 17.3 Å². The molecule has 0 unspecified atom stereocenters. The van der Waals surface area contributed by atoms with Crippen molar-refractivity contribution in [2.24, 2.45) is 0 Å². The molecule has 202 valence electrons. The van der Waals surface area contributed by atoms with Crippen molar-refractivity contribution in [2.75, 3.05) is 12.4 Å². The van der Waals surface area contributed by atoms with E-state index in [4.69, 9.17) is 4.74 Å². The summed E-state index contributed by atoms with van der Waals surface area (Å²) in [6.45, 7) is 0.833. The van der Waals surface area contributed by atoms with Gasteiger partial charge in [-0.1, -0.05) is 54.6 Å². The van der Waals surface area contributed by atoms with E-state index in [-0.39, 0.29) is 21.7 Å². The first-order valence-corrected chi connectivity index (χ1v) is 13.7. The van der Waals surface area contributed by atoms with Gasteiger partial charge in [0.25, 0.3) is 15.6 Å². The monoisotopic (exact) mass is 555 g/mol. The van der Waals surface area contributed by atoms with Crippen LogP contribution in [0.2, 0.25) is 0 Å². The molecule has 0 aliphatic carbocycles. The van der Waals surface area contributed by atoms with E-state index >= 15 is 0 Å². The molecular formula is C30H25N3O6S. The average Bonchev–Trinajstić information content (AvgIpc) is 3.24. The number of anilines is 1. The molecule has 5 aromatic rings. The molecule has 0 aliphatic heterocycles. The second-order valence-corrected chi connectivity index (χ2v) is 10.8. The van der Waals surface area contributed by atoms with Gasteiger partial charge in [0.15, 0.2) is 5.78 Å². The van der Waals surface area contributed by atoms with Gasteiger partial charge in [0, 0.05) is 18.2 Å². The molecule has 0 saturated heterocycles. The van der Waals surface area contributed by atoms with E-state index in [9.17, 15) is 22.8 Å². The highest BCUT2D eigenvalue weighted by atomic mass is 32.2. The Kier molecular flexibility index (Phi) is 7.10. The smallest absolute Gasteiger partial charge is 0.282 e. The maximum atomic E-state index is 13.9. The van der Waals surface area contributed by atoms with Crippen molar-refractivity contribution < 1.29 is 22.7 Å². The van der Waals surface area contributed by atoms with Gasteiger partial charge >= 0.3 is 0 Å². The van der Waals surface area contributed by atoms with E-state index in [1.807, 2.05) is 30.3 Å². The number of methoxy groups -OCH3 is 1. The number of ketones is 1. The summed E-state index contributed by atoms with van der Waals surface area (Å²) in [7, 11) is -2.90. The van der Waals surface area contributed by atoms with E-state index in [0.29, 0.717) is 17.0 Å². The zero-order valence-electron chi connectivity index (χ0n) is 21.7. The molecule has 4 aromatic carbocycles. The fraction of sp³-hybridized carbons (Fsp3) is 0.100. The van der Waals surface area contributed by atoms with Crippen LogP contribution in [0.5, 0.6) is 5.75 Å². The van der Waals surface area contributed by atoms with Crippen molar-refractivity contribution in [3.63, 3.8) is 0 Å². The highest BCUT2D eigenvalue weighted by molar-refractivity contribution is 7.90. The van der Waals surface area contributed by atoms with Crippen LogP contribution in [-0.2, 0) is 21.4 Å². The lowest BCUT2D eigenvalue weighted by atomic mass is 10.0. The summed E-state index contributed by atoms with van der Waals surface area (Å²) in [6.07, 6.45) is 0. The van der Waals surface area contributed by atoms with E-state index in [1.165, 1.54) is 50.4 Å². The number of nitrogens with zero attached hydrogens (tertiary/aromatic N) is 2. The Morgan fingerprint density at radius 1 is 0.850 bits per heavy atom. The first kappa shape index (κ1) is 26.6. The summed E-state index contributed by atoms with van der Waals surface area (Å²) in [5.41, 5.74) is 2.10. The zero-order valence-corrected chi connectivity index (χ0v) is 22.5.